The fourth-order valence-corrected chi connectivity index (χ4v) is 2.55. The van der Waals surface area contributed by atoms with Gasteiger partial charge < -0.3 is 4.52 Å². The molecule has 0 bridgehead atoms. The van der Waals surface area contributed by atoms with Crippen LogP contribution in [0.2, 0.25) is 0 Å². The fourth-order valence-electron chi connectivity index (χ4n) is 2.55. The van der Waals surface area contributed by atoms with Crippen molar-refractivity contribution in [2.45, 2.75) is 39.0 Å². The van der Waals surface area contributed by atoms with Crippen molar-refractivity contribution in [3.8, 4) is 23.3 Å². The van der Waals surface area contributed by atoms with E-state index in [-0.39, 0.29) is 0 Å². The second-order valence-corrected chi connectivity index (χ2v) is 5.23. The van der Waals surface area contributed by atoms with Gasteiger partial charge in [0.05, 0.1) is 0 Å². The standard InChI is InChI=1S/C16H17N3O/c1-12-18-16(20-19-12)14-9-10-17-15(11-14)8-4-7-13-5-2-3-6-13/h9-11,13H,2-3,5-7H2,1H3. The normalized spacial score (nSPS) is 15.1. The van der Waals surface area contributed by atoms with Crippen molar-refractivity contribution in [3.63, 3.8) is 0 Å². The number of pyridine rings is 1. The van der Waals surface area contributed by atoms with Gasteiger partial charge in [0, 0.05) is 18.2 Å². The van der Waals surface area contributed by atoms with Gasteiger partial charge in [-0.25, -0.2) is 4.98 Å². The van der Waals surface area contributed by atoms with Crippen LogP contribution in [0.3, 0.4) is 0 Å². The molecule has 0 unspecified atom stereocenters. The molecule has 2 aromatic rings. The lowest BCUT2D eigenvalue weighted by atomic mass is 10.0. The Morgan fingerprint density at radius 3 is 2.95 bits per heavy atom. The highest BCUT2D eigenvalue weighted by Gasteiger charge is 2.13. The van der Waals surface area contributed by atoms with Crippen LogP contribution in [-0.4, -0.2) is 15.1 Å². The second kappa shape index (κ2) is 5.87. The summed E-state index contributed by atoms with van der Waals surface area (Å²) in [6, 6.07) is 3.75. The van der Waals surface area contributed by atoms with E-state index in [4.69, 9.17) is 4.52 Å². The van der Waals surface area contributed by atoms with Crippen LogP contribution < -0.4 is 0 Å². The molecule has 4 nitrogen and oxygen atoms in total. The molecular weight excluding hydrogens is 250 g/mol. The molecule has 0 radical (unpaired) electrons. The molecule has 1 saturated carbocycles. The van der Waals surface area contributed by atoms with Crippen molar-refractivity contribution in [3.05, 3.63) is 29.8 Å². The number of hydrogen-bond acceptors (Lipinski definition) is 4. The minimum Gasteiger partial charge on any atom is -0.334 e. The summed E-state index contributed by atoms with van der Waals surface area (Å²) in [5.41, 5.74) is 1.63. The Kier molecular flexibility index (Phi) is 3.78. The first-order valence-corrected chi connectivity index (χ1v) is 7.07. The zero-order valence-corrected chi connectivity index (χ0v) is 11.6. The summed E-state index contributed by atoms with van der Waals surface area (Å²) in [6.45, 7) is 1.80. The Morgan fingerprint density at radius 2 is 2.20 bits per heavy atom. The lowest BCUT2D eigenvalue weighted by Crippen LogP contribution is -1.90. The summed E-state index contributed by atoms with van der Waals surface area (Å²) in [5.74, 6) is 8.32. The van der Waals surface area contributed by atoms with E-state index < -0.39 is 0 Å². The number of nitrogens with zero attached hydrogens (tertiary/aromatic N) is 3. The zero-order chi connectivity index (χ0) is 13.8. The Bertz CT molecular complexity index is 645. The maximum Gasteiger partial charge on any atom is 0.258 e. The Hall–Kier alpha value is -2.15. The van der Waals surface area contributed by atoms with Crippen molar-refractivity contribution >= 4 is 0 Å². The van der Waals surface area contributed by atoms with Crippen molar-refractivity contribution in [2.24, 2.45) is 5.92 Å². The summed E-state index contributed by atoms with van der Waals surface area (Å²) in [5, 5.41) is 3.79. The molecule has 3 rings (SSSR count). The molecule has 1 aliphatic carbocycles. The molecule has 0 amide bonds. The number of rotatable bonds is 2. The molecule has 0 spiro atoms. The van der Waals surface area contributed by atoms with Gasteiger partial charge in [-0.1, -0.05) is 23.9 Å². The van der Waals surface area contributed by atoms with Crippen molar-refractivity contribution in [1.29, 1.82) is 0 Å². The molecule has 0 saturated heterocycles. The average molecular weight is 267 g/mol. The lowest BCUT2D eigenvalue weighted by Gasteiger charge is -2.00. The van der Waals surface area contributed by atoms with E-state index in [0.29, 0.717) is 11.7 Å². The first-order chi connectivity index (χ1) is 9.81. The zero-order valence-electron chi connectivity index (χ0n) is 11.6. The predicted octanol–water partition coefficient (Wildman–Crippen LogP) is 3.37. The first kappa shape index (κ1) is 12.9. The van der Waals surface area contributed by atoms with E-state index in [9.17, 15) is 0 Å². The third-order valence-electron chi connectivity index (χ3n) is 3.62. The summed E-state index contributed by atoms with van der Waals surface area (Å²) in [7, 11) is 0. The van der Waals surface area contributed by atoms with Gasteiger partial charge in [-0.15, -0.1) is 0 Å². The summed E-state index contributed by atoms with van der Waals surface area (Å²) in [6.07, 6.45) is 8.07. The lowest BCUT2D eigenvalue weighted by molar-refractivity contribution is 0.425. The topological polar surface area (TPSA) is 51.8 Å². The fraction of sp³-hybridized carbons (Fsp3) is 0.438. The van der Waals surface area contributed by atoms with Gasteiger partial charge in [0.15, 0.2) is 5.82 Å². The first-order valence-electron chi connectivity index (χ1n) is 7.07. The number of aryl methyl sites for hydroxylation is 1. The predicted molar refractivity (Wildman–Crippen MR) is 75.7 cm³/mol. The largest absolute Gasteiger partial charge is 0.334 e. The van der Waals surface area contributed by atoms with Gasteiger partial charge in [0.2, 0.25) is 0 Å². The van der Waals surface area contributed by atoms with E-state index in [1.54, 1.807) is 13.1 Å². The van der Waals surface area contributed by atoms with E-state index in [1.807, 2.05) is 12.1 Å². The van der Waals surface area contributed by atoms with Gasteiger partial charge in [-0.2, -0.15) is 4.98 Å². The van der Waals surface area contributed by atoms with E-state index in [0.717, 1.165) is 23.6 Å². The van der Waals surface area contributed by atoms with E-state index in [2.05, 4.69) is 27.0 Å². The monoisotopic (exact) mass is 267 g/mol. The Balaban J connectivity index is 1.72. The summed E-state index contributed by atoms with van der Waals surface area (Å²) >= 11 is 0. The van der Waals surface area contributed by atoms with Crippen molar-refractivity contribution in [1.82, 2.24) is 15.1 Å². The quantitative estimate of drug-likeness (QED) is 0.783. The van der Waals surface area contributed by atoms with Gasteiger partial charge >= 0.3 is 0 Å². The highest BCUT2D eigenvalue weighted by molar-refractivity contribution is 5.54. The second-order valence-electron chi connectivity index (χ2n) is 5.23. The van der Waals surface area contributed by atoms with Crippen molar-refractivity contribution in [2.75, 3.05) is 0 Å². The van der Waals surface area contributed by atoms with Gasteiger partial charge in [0.1, 0.15) is 5.69 Å². The molecule has 1 fully saturated rings. The maximum atomic E-state index is 5.15. The third-order valence-corrected chi connectivity index (χ3v) is 3.62. The highest BCUT2D eigenvalue weighted by atomic mass is 16.5. The molecule has 20 heavy (non-hydrogen) atoms. The molecule has 0 N–H and O–H groups in total. The molecular formula is C16H17N3O. The molecule has 0 aromatic carbocycles. The molecule has 102 valence electrons. The molecule has 2 heterocycles. The molecule has 1 aliphatic rings. The smallest absolute Gasteiger partial charge is 0.258 e. The Morgan fingerprint density at radius 1 is 1.35 bits per heavy atom. The average Bonchev–Trinajstić information content (AvgIpc) is 3.11. The van der Waals surface area contributed by atoms with Crippen LogP contribution in [0.4, 0.5) is 0 Å². The van der Waals surface area contributed by atoms with Crippen molar-refractivity contribution < 1.29 is 4.52 Å². The van der Waals surface area contributed by atoms with Crippen LogP contribution in [0.1, 0.15) is 43.6 Å². The molecule has 4 heteroatoms. The van der Waals surface area contributed by atoms with Crippen LogP contribution in [0.15, 0.2) is 22.9 Å². The Labute approximate surface area is 118 Å². The molecule has 0 atom stereocenters. The van der Waals surface area contributed by atoms with E-state index in [1.165, 1.54) is 25.7 Å². The van der Waals surface area contributed by atoms with Crippen LogP contribution >= 0.6 is 0 Å². The maximum absolute atomic E-state index is 5.15. The number of aromatic nitrogens is 3. The summed E-state index contributed by atoms with van der Waals surface area (Å²) < 4.78 is 5.15. The SMILES string of the molecule is Cc1noc(-c2ccnc(C#CCC3CCCC3)c2)n1. The minimum absolute atomic E-state index is 0.517. The number of hydrogen-bond donors (Lipinski definition) is 0. The van der Waals surface area contributed by atoms with Crippen LogP contribution in [-0.2, 0) is 0 Å². The third kappa shape index (κ3) is 3.05. The minimum atomic E-state index is 0.517. The summed E-state index contributed by atoms with van der Waals surface area (Å²) in [4.78, 5) is 8.48. The highest BCUT2D eigenvalue weighted by Crippen LogP contribution is 2.26. The molecule has 0 aliphatic heterocycles. The van der Waals surface area contributed by atoms with Gasteiger partial charge in [-0.05, 0) is 43.7 Å². The van der Waals surface area contributed by atoms with Gasteiger partial charge in [0.25, 0.3) is 5.89 Å². The van der Waals surface area contributed by atoms with Crippen LogP contribution in [0.5, 0.6) is 0 Å². The van der Waals surface area contributed by atoms with E-state index >= 15 is 0 Å². The van der Waals surface area contributed by atoms with Crippen LogP contribution in [0, 0.1) is 24.7 Å². The van der Waals surface area contributed by atoms with Crippen LogP contribution in [0.25, 0.3) is 11.5 Å². The molecule has 2 aromatic heterocycles. The van der Waals surface area contributed by atoms with Gasteiger partial charge in [-0.3, -0.25) is 0 Å².